The summed E-state index contributed by atoms with van der Waals surface area (Å²) in [6, 6.07) is 8.37. The van der Waals surface area contributed by atoms with Gasteiger partial charge in [-0.2, -0.15) is 71.1 Å². The van der Waals surface area contributed by atoms with Crippen molar-refractivity contribution in [1.82, 2.24) is 48.6 Å². The molecule has 0 amide bonds. The minimum absolute atomic E-state index is 0.0569. The number of para-hydroxylation sites is 1. The van der Waals surface area contributed by atoms with Crippen LogP contribution in [-0.4, -0.2) is 96.8 Å². The van der Waals surface area contributed by atoms with E-state index >= 15 is 0 Å². The third-order valence-corrected chi connectivity index (χ3v) is 30.7. The summed E-state index contributed by atoms with van der Waals surface area (Å²) in [5.74, 6) is 1.50. The summed E-state index contributed by atoms with van der Waals surface area (Å²) in [6.45, 7) is -7.63. The van der Waals surface area contributed by atoms with Crippen LogP contribution in [-0.2, 0) is 132 Å². The number of nitrogens with zero attached hydrogens (tertiary/aromatic N) is 1. The number of hydrogen-bond donors (Lipinski definition) is 10. The normalized spacial score (nSPS) is 16.5. The molecule has 0 aliphatic carbocycles. The molecule has 135 heavy (non-hydrogen) atoms. The lowest BCUT2D eigenvalue weighted by molar-refractivity contribution is -0.301. The van der Waals surface area contributed by atoms with Gasteiger partial charge in [0.1, 0.15) is 19.0 Å². The Hall–Kier alpha value is -1.64. The van der Waals surface area contributed by atoms with Gasteiger partial charge in [-0.25, -0.2) is 100 Å². The number of benzene rings is 1. The van der Waals surface area contributed by atoms with Crippen molar-refractivity contribution in [2.24, 2.45) is 0 Å². The Morgan fingerprint density at radius 1 is 0.356 bits per heavy atom. The van der Waals surface area contributed by atoms with E-state index in [-0.39, 0.29) is 36.5 Å². The first-order valence-electron chi connectivity index (χ1n) is 27.7. The average Bonchev–Trinajstić information content (AvgIpc) is 0.795. The van der Waals surface area contributed by atoms with Gasteiger partial charge in [0, 0.05) is 7.11 Å². The summed E-state index contributed by atoms with van der Waals surface area (Å²) >= 11 is 0. The minimum Gasteiger partial charge on any atom is -0.410 e. The molecule has 0 radical (unpaired) electrons. The van der Waals surface area contributed by atoms with Crippen molar-refractivity contribution in [2.45, 2.75) is 49.8 Å². The summed E-state index contributed by atoms with van der Waals surface area (Å²) in [4.78, 5) is 2.33. The Morgan fingerprint density at radius 2 is 0.615 bits per heavy atom. The second-order valence-electron chi connectivity index (χ2n) is 18.7. The summed E-state index contributed by atoms with van der Waals surface area (Å²) in [6.07, 6.45) is -30.7. The molecule has 812 valence electrons. The standard InChI is InChI=1S/C6H6F3NO3P2.C4H5F8NO4P2.C3H2F9NO3P2.C3H5F3N2O3P2.C3H6F3NO3P2.C3H4F3NO3P2.C2H3F6NO3P2.C2H4F5NO3P2.CH4F3NO3P2.F4HNO2P2/c7-14(8,11)10-15(9,12)13-6-4-2-1-3-5-6;5-3(6,7)1-16-19(15,13-18(11,12)14)17-2-4(8,9)10;4-2(5,6)1(3(7,8)9)16-18(12,15)13-17(10,11)14;4-12(5,9)8-13(6,10)11-3-1-2-7;2*1-2-3-10-12(6,9)7-11(4,5)8;3-2(4,5)1-12-14(8,11)9-13(6,7)10;3-2(4)1-11-13(7,10)8-12(5,6)9;1-8-10(4,7)5-9(2,3)6;1-8(2,6)5-9(3,4)7/h1-5H,(H,10,11,12);1-2H2,(H,13,14,15);1H,(H,13,14,15);1,3H2,(H,8,9,10);2H,1,3H2,(H,7,8,9);1H,3H2,(H,7,8,9);1H2,(H,9,10,11);2H,1H2,(H,8,9,10);1H3,(H,5,6,7);(H,5,6,7). The molecule has 108 heteroatoms. The Labute approximate surface area is 717 Å². The predicted molar refractivity (Wildman–Crippen MR) is 363 cm³/mol. The monoisotopic (exact) mass is 2510 g/mol. The van der Waals surface area contributed by atoms with Crippen LogP contribution in [0, 0.1) is 23.7 Å². The van der Waals surface area contributed by atoms with Crippen LogP contribution >= 0.6 is 157 Å². The Kier molecular flexibility index (Phi) is 68.4. The van der Waals surface area contributed by atoms with Crippen LogP contribution in [0.5, 0.6) is 5.75 Å². The van der Waals surface area contributed by atoms with E-state index in [4.69, 9.17) is 14.4 Å². The van der Waals surface area contributed by atoms with Crippen LogP contribution < -0.4 is 53.1 Å². The van der Waals surface area contributed by atoms with Gasteiger partial charge in [-0.3, -0.25) is 40.7 Å². The van der Waals surface area contributed by atoms with Crippen LogP contribution in [0.4, 0.5) is 201 Å². The summed E-state index contributed by atoms with van der Waals surface area (Å²) in [7, 11) is -116. The van der Waals surface area contributed by atoms with E-state index in [1.807, 2.05) is 0 Å². The van der Waals surface area contributed by atoms with E-state index in [0.29, 0.717) is 31.4 Å². The smallest absolute Gasteiger partial charge is 0.410 e. The Morgan fingerprint density at radius 3 is 0.859 bits per heavy atom. The first kappa shape index (κ1) is 151. The van der Waals surface area contributed by atoms with E-state index in [9.17, 15) is 283 Å². The van der Waals surface area contributed by atoms with E-state index in [0.717, 1.165) is 6.08 Å². The molecule has 8 unspecified atom stereocenters. The zero-order valence-corrected chi connectivity index (χ0v) is 78.9. The van der Waals surface area contributed by atoms with E-state index in [1.54, 1.807) is 12.0 Å². The highest BCUT2D eigenvalue weighted by atomic mass is 31.3. The molecule has 8 atom stereocenters. The van der Waals surface area contributed by atoms with Crippen molar-refractivity contribution in [1.29, 1.82) is 5.26 Å². The van der Waals surface area contributed by atoms with Crippen molar-refractivity contribution in [3.63, 3.8) is 0 Å². The molecular formula is C27H40F47N11O30P20. The highest BCUT2D eigenvalue weighted by Crippen LogP contribution is 2.67. The molecule has 0 fully saturated rings. The van der Waals surface area contributed by atoms with Crippen molar-refractivity contribution >= 4 is 157 Å². The molecule has 0 aromatic heterocycles. The first-order valence-corrected chi connectivity index (χ1v) is 57.7. The Bertz CT molecular complexity index is 4850. The number of hydrogen-bond acceptors (Lipinski definition) is 31. The van der Waals surface area contributed by atoms with E-state index in [2.05, 4.69) is 58.2 Å². The average molecular weight is 2510 g/mol. The van der Waals surface area contributed by atoms with Gasteiger partial charge in [0.2, 0.25) is 0 Å². The van der Waals surface area contributed by atoms with Gasteiger partial charge in [-0.15, -0.1) is 187 Å². The van der Waals surface area contributed by atoms with Crippen molar-refractivity contribution in [3.8, 4) is 24.2 Å². The molecule has 41 nitrogen and oxygen atoms in total. The third-order valence-electron chi connectivity index (χ3n) is 7.10. The topological polar surface area (TPSA) is 578 Å². The molecule has 0 aliphatic heterocycles. The lowest BCUT2D eigenvalue weighted by Crippen LogP contribution is -2.43. The maximum Gasteiger partial charge on any atom is 0.506 e. The van der Waals surface area contributed by atoms with Gasteiger partial charge in [0.05, 0.1) is 25.7 Å². The molecule has 10 N–H and O–H groups in total. The van der Waals surface area contributed by atoms with Crippen molar-refractivity contribution in [3.05, 3.63) is 43.0 Å². The third kappa shape index (κ3) is 125. The zero-order valence-electron chi connectivity index (χ0n) is 61.0. The maximum atomic E-state index is 12.8. The van der Waals surface area contributed by atoms with Gasteiger partial charge >= 0.3 is 188 Å². The fraction of sp³-hybridized carbons (Fsp3) is 0.593. The quantitative estimate of drug-likeness (QED) is 0.00955. The van der Waals surface area contributed by atoms with Gasteiger partial charge in [0.15, 0.2) is 19.8 Å². The van der Waals surface area contributed by atoms with Gasteiger partial charge < -0.3 is 4.52 Å². The zero-order chi connectivity index (χ0) is 111. The molecule has 0 saturated carbocycles. The maximum absolute atomic E-state index is 12.8. The molecule has 1 rings (SSSR count). The largest absolute Gasteiger partial charge is 0.506 e. The molecule has 0 saturated heterocycles. The van der Waals surface area contributed by atoms with Crippen molar-refractivity contribution < 1.29 is 337 Å². The van der Waals surface area contributed by atoms with Crippen LogP contribution in [0.2, 0.25) is 0 Å². The summed E-state index contributed by atoms with van der Waals surface area (Å²) < 4.78 is 781. The highest BCUT2D eigenvalue weighted by Gasteiger charge is 2.62. The molecule has 0 bridgehead atoms. The Balaban J connectivity index is -0.000000188. The number of terminal acetylenes is 1. The van der Waals surface area contributed by atoms with Gasteiger partial charge in [-0.05, 0) is 12.1 Å². The molecule has 0 aliphatic rings. The van der Waals surface area contributed by atoms with E-state index < -0.39 is 247 Å². The summed E-state index contributed by atoms with van der Waals surface area (Å²) in [5, 5.41) is 7.93. The molecule has 1 aromatic rings. The number of nitrogens with one attached hydrogen (secondary N) is 10. The summed E-state index contributed by atoms with van der Waals surface area (Å²) in [5.41, 5.74) is 0. The first-order chi connectivity index (χ1) is 58.3. The predicted octanol–water partition coefficient (Wildman–Crippen LogP) is 31.0. The fourth-order valence-corrected chi connectivity index (χ4v) is 20.4. The van der Waals surface area contributed by atoms with Crippen LogP contribution in [0.1, 0.15) is 6.42 Å². The van der Waals surface area contributed by atoms with Gasteiger partial charge in [-0.1, -0.05) is 30.2 Å². The lowest BCUT2D eigenvalue weighted by atomic mass is 10.3. The molecule has 0 heterocycles. The second kappa shape index (κ2) is 61.1. The number of nitriles is 1. The molecular weight excluding hydrogens is 2470 g/mol. The van der Waals surface area contributed by atoms with Crippen LogP contribution in [0.15, 0.2) is 43.0 Å². The van der Waals surface area contributed by atoms with Crippen LogP contribution in [0.3, 0.4) is 0 Å². The number of rotatable bonds is 42. The SMILES string of the molecule is C#CCOP(=O)(F)NP(=O)(F)F.C=CCOP(=O)(F)NP(=O)(F)F.COP(=O)(F)NP(=O)(F)F.N#CCCOP(=O)(F)NP(=O)(F)F.O=P(F)(F)NP(=O)(F)F.O=P(F)(F)NP(=O)(F)OC(C(F)(F)F)C(F)(F)F.O=P(F)(F)NP(=O)(F)OCC(F)(F)F.O=P(F)(F)NP(=O)(F)OCC(F)F.O=P(F)(F)NP(=O)(F)Oc1ccccc1.O=P(F)(F)NP(=O)(OCC(F)(F)F)OCC(F)(F)F. The number of alkyl halides is 17. The second-order valence-corrected chi connectivity index (χ2v) is 48.1. The fourth-order valence-electron chi connectivity index (χ4n) is 3.87. The number of halogens is 47. The highest BCUT2D eigenvalue weighted by molar-refractivity contribution is 7.71. The van der Waals surface area contributed by atoms with Crippen molar-refractivity contribution in [2.75, 3.05) is 53.4 Å². The van der Waals surface area contributed by atoms with Crippen LogP contribution in [0.25, 0.3) is 0 Å². The lowest BCUT2D eigenvalue weighted by Gasteiger charge is -2.24. The molecule has 0 spiro atoms. The minimum atomic E-state index is -6.77. The van der Waals surface area contributed by atoms with E-state index in [1.165, 1.54) is 30.3 Å². The van der Waals surface area contributed by atoms with Gasteiger partial charge in [0.25, 0.3) is 12.5 Å². The molecule has 1 aromatic carbocycles.